The molecule has 0 fully saturated rings. The van der Waals surface area contributed by atoms with Crippen molar-refractivity contribution < 1.29 is 4.79 Å². The van der Waals surface area contributed by atoms with Crippen molar-refractivity contribution in [3.63, 3.8) is 0 Å². The fourth-order valence-electron chi connectivity index (χ4n) is 1.98. The first-order chi connectivity index (χ1) is 9.66. The average molecular weight is 288 g/mol. The van der Waals surface area contributed by atoms with E-state index in [0.717, 1.165) is 18.4 Å². The lowest BCUT2D eigenvalue weighted by atomic mass is 10.1. The van der Waals surface area contributed by atoms with Crippen LogP contribution in [0.4, 0.5) is 0 Å². The fraction of sp³-hybridized carbons (Fsp3) is 0.235. The highest BCUT2D eigenvalue weighted by molar-refractivity contribution is 6.31. The van der Waals surface area contributed by atoms with Crippen LogP contribution in [0.5, 0.6) is 0 Å². The molecule has 0 atom stereocenters. The number of nitrogens with one attached hydrogen (secondary N) is 1. The van der Waals surface area contributed by atoms with Gasteiger partial charge in [0.05, 0.1) is 0 Å². The summed E-state index contributed by atoms with van der Waals surface area (Å²) >= 11 is 6.02. The van der Waals surface area contributed by atoms with Gasteiger partial charge in [0, 0.05) is 17.1 Å². The molecule has 0 aromatic heterocycles. The number of carbonyl (C=O) groups is 1. The summed E-state index contributed by atoms with van der Waals surface area (Å²) in [6, 6.07) is 15.6. The molecule has 3 heteroatoms. The van der Waals surface area contributed by atoms with E-state index in [2.05, 4.69) is 17.4 Å². The van der Waals surface area contributed by atoms with Crippen molar-refractivity contribution in [1.82, 2.24) is 5.32 Å². The van der Waals surface area contributed by atoms with Crippen molar-refractivity contribution in [2.45, 2.75) is 19.8 Å². The maximum absolute atomic E-state index is 11.9. The Labute approximate surface area is 124 Å². The molecule has 0 aliphatic carbocycles. The third-order valence-electron chi connectivity index (χ3n) is 3.20. The third kappa shape index (κ3) is 4.10. The smallest absolute Gasteiger partial charge is 0.251 e. The molecule has 2 aromatic rings. The molecule has 0 aliphatic heterocycles. The van der Waals surface area contributed by atoms with Crippen LogP contribution in [0.1, 0.15) is 27.9 Å². The zero-order valence-corrected chi connectivity index (χ0v) is 12.3. The summed E-state index contributed by atoms with van der Waals surface area (Å²) in [6.45, 7) is 2.59. The van der Waals surface area contributed by atoms with E-state index in [0.29, 0.717) is 17.1 Å². The summed E-state index contributed by atoms with van der Waals surface area (Å²) < 4.78 is 0. The molecule has 2 aromatic carbocycles. The molecule has 0 saturated carbocycles. The molecular weight excluding hydrogens is 270 g/mol. The first-order valence-corrected chi connectivity index (χ1v) is 7.13. The Hall–Kier alpha value is -1.80. The second kappa shape index (κ2) is 7.11. The number of halogens is 1. The summed E-state index contributed by atoms with van der Waals surface area (Å²) in [4.78, 5) is 11.9. The zero-order chi connectivity index (χ0) is 14.4. The third-order valence-corrected chi connectivity index (χ3v) is 3.61. The van der Waals surface area contributed by atoms with Crippen molar-refractivity contribution in [3.8, 4) is 0 Å². The maximum Gasteiger partial charge on any atom is 0.251 e. The van der Waals surface area contributed by atoms with Crippen molar-refractivity contribution in [1.29, 1.82) is 0 Å². The minimum Gasteiger partial charge on any atom is -0.352 e. The lowest BCUT2D eigenvalue weighted by Crippen LogP contribution is -2.24. The van der Waals surface area contributed by atoms with Crippen molar-refractivity contribution >= 4 is 17.5 Å². The average Bonchev–Trinajstić information content (AvgIpc) is 2.47. The second-order valence-electron chi connectivity index (χ2n) is 4.81. The van der Waals surface area contributed by atoms with Crippen LogP contribution >= 0.6 is 11.6 Å². The van der Waals surface area contributed by atoms with E-state index < -0.39 is 0 Å². The van der Waals surface area contributed by atoms with Gasteiger partial charge in [-0.15, -0.1) is 0 Å². The number of amides is 1. The quantitative estimate of drug-likeness (QED) is 0.827. The molecule has 0 aliphatic rings. The normalized spacial score (nSPS) is 10.3. The second-order valence-corrected chi connectivity index (χ2v) is 5.22. The van der Waals surface area contributed by atoms with Crippen LogP contribution in [0.3, 0.4) is 0 Å². The molecule has 0 radical (unpaired) electrons. The van der Waals surface area contributed by atoms with Gasteiger partial charge in [-0.05, 0) is 43.0 Å². The van der Waals surface area contributed by atoms with Crippen LogP contribution in [-0.4, -0.2) is 12.5 Å². The van der Waals surface area contributed by atoms with Crippen molar-refractivity contribution in [2.24, 2.45) is 0 Å². The minimum absolute atomic E-state index is 0.0695. The summed E-state index contributed by atoms with van der Waals surface area (Å²) in [6.07, 6.45) is 1.89. The van der Waals surface area contributed by atoms with E-state index in [9.17, 15) is 4.79 Å². The number of carbonyl (C=O) groups excluding carboxylic acids is 1. The van der Waals surface area contributed by atoms with Crippen LogP contribution in [0.25, 0.3) is 0 Å². The largest absolute Gasteiger partial charge is 0.352 e. The van der Waals surface area contributed by atoms with Gasteiger partial charge in [0.1, 0.15) is 0 Å². The highest BCUT2D eigenvalue weighted by Gasteiger charge is 2.06. The van der Waals surface area contributed by atoms with Gasteiger partial charge in [-0.1, -0.05) is 48.0 Å². The van der Waals surface area contributed by atoms with Crippen LogP contribution in [-0.2, 0) is 6.42 Å². The first kappa shape index (κ1) is 14.6. The number of benzene rings is 2. The predicted molar refractivity (Wildman–Crippen MR) is 83.3 cm³/mol. The topological polar surface area (TPSA) is 29.1 Å². The standard InChI is InChI=1S/C17H18ClNO/c1-13-9-10-15(12-16(13)18)17(20)19-11-5-8-14-6-3-2-4-7-14/h2-4,6-7,9-10,12H,5,8,11H2,1H3,(H,19,20). The molecule has 20 heavy (non-hydrogen) atoms. The lowest BCUT2D eigenvalue weighted by Gasteiger charge is -2.06. The SMILES string of the molecule is Cc1ccc(C(=O)NCCCc2ccccc2)cc1Cl. The molecular formula is C17H18ClNO. The van der Waals surface area contributed by atoms with Gasteiger partial charge in [0.25, 0.3) is 5.91 Å². The molecule has 2 rings (SSSR count). The van der Waals surface area contributed by atoms with Gasteiger partial charge >= 0.3 is 0 Å². The summed E-state index contributed by atoms with van der Waals surface area (Å²) in [7, 11) is 0. The van der Waals surface area contributed by atoms with Crippen LogP contribution in [0, 0.1) is 6.92 Å². The van der Waals surface area contributed by atoms with E-state index >= 15 is 0 Å². The van der Waals surface area contributed by atoms with E-state index in [4.69, 9.17) is 11.6 Å². The lowest BCUT2D eigenvalue weighted by molar-refractivity contribution is 0.0953. The van der Waals surface area contributed by atoms with Crippen LogP contribution < -0.4 is 5.32 Å². The maximum atomic E-state index is 11.9. The Balaban J connectivity index is 1.79. The zero-order valence-electron chi connectivity index (χ0n) is 11.5. The number of hydrogen-bond acceptors (Lipinski definition) is 1. The van der Waals surface area contributed by atoms with Crippen molar-refractivity contribution in [3.05, 3.63) is 70.2 Å². The molecule has 104 valence electrons. The number of rotatable bonds is 5. The van der Waals surface area contributed by atoms with E-state index in [-0.39, 0.29) is 5.91 Å². The van der Waals surface area contributed by atoms with Crippen LogP contribution in [0.15, 0.2) is 48.5 Å². The molecule has 0 heterocycles. The van der Waals surface area contributed by atoms with Gasteiger partial charge in [0.2, 0.25) is 0 Å². The summed E-state index contributed by atoms with van der Waals surface area (Å²) in [5.74, 6) is -0.0695. The summed E-state index contributed by atoms with van der Waals surface area (Å²) in [5.41, 5.74) is 2.88. The van der Waals surface area contributed by atoms with Gasteiger partial charge in [-0.25, -0.2) is 0 Å². The molecule has 0 saturated heterocycles. The van der Waals surface area contributed by atoms with Gasteiger partial charge in [0.15, 0.2) is 0 Å². The Kier molecular flexibility index (Phi) is 5.19. The van der Waals surface area contributed by atoms with E-state index in [1.54, 1.807) is 12.1 Å². The molecule has 2 nitrogen and oxygen atoms in total. The Morgan fingerprint density at radius 1 is 1.15 bits per heavy atom. The number of aryl methyl sites for hydroxylation is 2. The monoisotopic (exact) mass is 287 g/mol. The predicted octanol–water partition coefficient (Wildman–Crippen LogP) is 4.01. The van der Waals surface area contributed by atoms with Crippen LogP contribution in [0.2, 0.25) is 5.02 Å². The van der Waals surface area contributed by atoms with Gasteiger partial charge in [-0.2, -0.15) is 0 Å². The Morgan fingerprint density at radius 2 is 1.90 bits per heavy atom. The molecule has 0 bridgehead atoms. The highest BCUT2D eigenvalue weighted by Crippen LogP contribution is 2.16. The summed E-state index contributed by atoms with van der Waals surface area (Å²) in [5, 5.41) is 3.55. The highest BCUT2D eigenvalue weighted by atomic mass is 35.5. The fourth-order valence-corrected chi connectivity index (χ4v) is 2.16. The van der Waals surface area contributed by atoms with Crippen molar-refractivity contribution in [2.75, 3.05) is 6.54 Å². The van der Waals surface area contributed by atoms with Gasteiger partial charge < -0.3 is 5.32 Å². The molecule has 1 N–H and O–H groups in total. The van der Waals surface area contributed by atoms with E-state index in [1.807, 2.05) is 31.2 Å². The Morgan fingerprint density at radius 3 is 2.60 bits per heavy atom. The Bertz CT molecular complexity index is 581. The number of hydrogen-bond donors (Lipinski definition) is 1. The minimum atomic E-state index is -0.0695. The molecule has 0 spiro atoms. The molecule has 1 amide bonds. The molecule has 0 unspecified atom stereocenters. The van der Waals surface area contributed by atoms with E-state index in [1.165, 1.54) is 5.56 Å². The van der Waals surface area contributed by atoms with Gasteiger partial charge in [-0.3, -0.25) is 4.79 Å². The first-order valence-electron chi connectivity index (χ1n) is 6.75.